The monoisotopic (exact) mass is 343 g/mol. The van der Waals surface area contributed by atoms with Crippen molar-refractivity contribution < 1.29 is 4.79 Å². The minimum absolute atomic E-state index is 0.192. The summed E-state index contributed by atoms with van der Waals surface area (Å²) in [6.45, 7) is 10.9. The maximum atomic E-state index is 12.9. The van der Waals surface area contributed by atoms with Crippen molar-refractivity contribution in [2.45, 2.75) is 65.0 Å². The lowest BCUT2D eigenvalue weighted by Gasteiger charge is -2.34. The molecule has 3 heterocycles. The van der Waals surface area contributed by atoms with Gasteiger partial charge in [0.25, 0.3) is 0 Å². The highest BCUT2D eigenvalue weighted by Gasteiger charge is 2.29. The fraction of sp³-hybridized carbons (Fsp3) is 0.632. The van der Waals surface area contributed by atoms with E-state index in [9.17, 15) is 4.79 Å². The molecular weight excluding hydrogens is 314 g/mol. The molecule has 6 nitrogen and oxygen atoms in total. The Balaban J connectivity index is 1.64. The van der Waals surface area contributed by atoms with Crippen LogP contribution in [0.1, 0.15) is 70.1 Å². The number of aryl methyl sites for hydroxylation is 1. The molecule has 0 N–H and O–H groups in total. The number of nitrogens with zero attached hydrogens (tertiary/aromatic N) is 5. The summed E-state index contributed by atoms with van der Waals surface area (Å²) in [5, 5.41) is 0. The zero-order chi connectivity index (χ0) is 18.0. The molecule has 1 fully saturated rings. The van der Waals surface area contributed by atoms with Crippen LogP contribution in [0.15, 0.2) is 24.8 Å². The molecule has 2 aromatic rings. The Kier molecular flexibility index (Phi) is 5.25. The summed E-state index contributed by atoms with van der Waals surface area (Å²) in [6.07, 6.45) is 9.60. The normalized spacial score (nSPS) is 17.2. The number of hydrogen-bond acceptors (Lipinski definition) is 3. The molecule has 136 valence electrons. The molecule has 1 aliphatic rings. The third kappa shape index (κ3) is 3.48. The number of rotatable bonds is 5. The quantitative estimate of drug-likeness (QED) is 0.838. The van der Waals surface area contributed by atoms with E-state index in [-0.39, 0.29) is 11.9 Å². The first-order chi connectivity index (χ1) is 12.0. The van der Waals surface area contributed by atoms with Crippen LogP contribution < -0.4 is 0 Å². The van der Waals surface area contributed by atoms with Gasteiger partial charge in [0, 0.05) is 56.3 Å². The summed E-state index contributed by atoms with van der Waals surface area (Å²) in [4.78, 5) is 23.9. The molecule has 1 saturated heterocycles. The molecule has 1 atom stereocenters. The molecule has 3 rings (SSSR count). The lowest BCUT2D eigenvalue weighted by molar-refractivity contribution is -0.135. The van der Waals surface area contributed by atoms with Gasteiger partial charge in [0.1, 0.15) is 17.7 Å². The summed E-state index contributed by atoms with van der Waals surface area (Å²) >= 11 is 0. The second-order valence-electron chi connectivity index (χ2n) is 7.19. The molecule has 0 saturated carbocycles. The van der Waals surface area contributed by atoms with Gasteiger partial charge in [-0.3, -0.25) is 4.79 Å². The van der Waals surface area contributed by atoms with Gasteiger partial charge in [0.15, 0.2) is 0 Å². The van der Waals surface area contributed by atoms with Gasteiger partial charge in [-0.2, -0.15) is 0 Å². The number of carbonyl (C=O) groups excluding carboxylic acids is 1. The average molecular weight is 343 g/mol. The highest BCUT2D eigenvalue weighted by Crippen LogP contribution is 2.28. The molecular formula is C19H29N5O. The maximum Gasteiger partial charge on any atom is 0.245 e. The molecule has 1 aliphatic heterocycles. The van der Waals surface area contributed by atoms with Crippen molar-refractivity contribution in [2.24, 2.45) is 0 Å². The van der Waals surface area contributed by atoms with Crippen LogP contribution in [-0.4, -0.2) is 43.0 Å². The van der Waals surface area contributed by atoms with Crippen LogP contribution in [-0.2, 0) is 11.3 Å². The van der Waals surface area contributed by atoms with Crippen molar-refractivity contribution in [3.63, 3.8) is 0 Å². The second kappa shape index (κ2) is 7.42. The summed E-state index contributed by atoms with van der Waals surface area (Å²) in [6, 6.07) is -0.200. The minimum Gasteiger partial charge on any atom is -0.341 e. The fourth-order valence-corrected chi connectivity index (χ4v) is 3.79. The Labute approximate surface area is 149 Å². The van der Waals surface area contributed by atoms with Gasteiger partial charge >= 0.3 is 0 Å². The molecule has 25 heavy (non-hydrogen) atoms. The number of amides is 1. The second-order valence-corrected chi connectivity index (χ2v) is 7.19. The van der Waals surface area contributed by atoms with E-state index in [4.69, 9.17) is 0 Å². The average Bonchev–Trinajstić information content (AvgIpc) is 3.29. The fourth-order valence-electron chi connectivity index (χ4n) is 3.79. The summed E-state index contributed by atoms with van der Waals surface area (Å²) in [5.74, 6) is 3.09. The van der Waals surface area contributed by atoms with Gasteiger partial charge in [-0.05, 0) is 26.7 Å². The van der Waals surface area contributed by atoms with Crippen LogP contribution >= 0.6 is 0 Å². The number of piperidine rings is 1. The molecule has 6 heteroatoms. The summed E-state index contributed by atoms with van der Waals surface area (Å²) in [7, 11) is 0. The van der Waals surface area contributed by atoms with E-state index < -0.39 is 0 Å². The SMILES string of the molecule is CCn1ccnc1C1CCN(C(=O)C(C)n2ccnc2C(C)C)CC1. The first-order valence-corrected chi connectivity index (χ1v) is 9.35. The third-order valence-corrected chi connectivity index (χ3v) is 5.25. The topological polar surface area (TPSA) is 56.0 Å². The van der Waals surface area contributed by atoms with Gasteiger partial charge in [-0.15, -0.1) is 0 Å². The molecule has 0 radical (unpaired) electrons. The van der Waals surface area contributed by atoms with Crippen LogP contribution in [0.3, 0.4) is 0 Å². The standard InChI is InChI=1S/C19H29N5O/c1-5-22-12-8-21-18(22)16-6-10-23(11-7-16)19(25)15(4)24-13-9-20-17(24)14(2)3/h8-9,12-16H,5-7,10-11H2,1-4H3. The van der Waals surface area contributed by atoms with Gasteiger partial charge in [0.05, 0.1) is 0 Å². The molecule has 1 unspecified atom stereocenters. The Morgan fingerprint density at radius 3 is 2.48 bits per heavy atom. The number of carbonyl (C=O) groups is 1. The molecule has 1 amide bonds. The molecule has 0 aromatic carbocycles. The summed E-state index contributed by atoms with van der Waals surface area (Å²) in [5.41, 5.74) is 0. The van der Waals surface area contributed by atoms with Crippen LogP contribution in [0, 0.1) is 0 Å². The Hall–Kier alpha value is -2.11. The van der Waals surface area contributed by atoms with E-state index in [0.29, 0.717) is 11.8 Å². The van der Waals surface area contributed by atoms with Crippen LogP contribution in [0.4, 0.5) is 0 Å². The van der Waals surface area contributed by atoms with E-state index in [1.165, 1.54) is 5.82 Å². The Morgan fingerprint density at radius 1 is 1.16 bits per heavy atom. The van der Waals surface area contributed by atoms with Crippen LogP contribution in [0.2, 0.25) is 0 Å². The Bertz CT molecular complexity index is 709. The van der Waals surface area contributed by atoms with E-state index in [1.54, 1.807) is 6.20 Å². The number of likely N-dealkylation sites (tertiary alicyclic amines) is 1. The zero-order valence-electron chi connectivity index (χ0n) is 15.7. The van der Waals surface area contributed by atoms with E-state index >= 15 is 0 Å². The minimum atomic E-state index is -0.200. The lowest BCUT2D eigenvalue weighted by Crippen LogP contribution is -2.41. The van der Waals surface area contributed by atoms with Crippen molar-refractivity contribution in [1.29, 1.82) is 0 Å². The van der Waals surface area contributed by atoms with Gasteiger partial charge in [-0.25, -0.2) is 9.97 Å². The highest BCUT2D eigenvalue weighted by molar-refractivity contribution is 5.80. The number of aromatic nitrogens is 4. The summed E-state index contributed by atoms with van der Waals surface area (Å²) < 4.78 is 4.23. The van der Waals surface area contributed by atoms with Crippen molar-refractivity contribution >= 4 is 5.91 Å². The van der Waals surface area contributed by atoms with Crippen molar-refractivity contribution in [2.75, 3.05) is 13.1 Å². The smallest absolute Gasteiger partial charge is 0.245 e. The van der Waals surface area contributed by atoms with E-state index in [0.717, 1.165) is 38.3 Å². The van der Waals surface area contributed by atoms with Gasteiger partial charge in [0.2, 0.25) is 5.91 Å². The molecule has 0 aliphatic carbocycles. The number of imidazole rings is 2. The number of hydrogen-bond donors (Lipinski definition) is 0. The molecule has 2 aromatic heterocycles. The lowest BCUT2D eigenvalue weighted by atomic mass is 9.95. The van der Waals surface area contributed by atoms with Gasteiger partial charge < -0.3 is 14.0 Å². The predicted molar refractivity (Wildman–Crippen MR) is 97.5 cm³/mol. The first-order valence-electron chi connectivity index (χ1n) is 9.35. The van der Waals surface area contributed by atoms with E-state index in [1.807, 2.05) is 35.0 Å². The van der Waals surface area contributed by atoms with E-state index in [2.05, 4.69) is 35.3 Å². The third-order valence-electron chi connectivity index (χ3n) is 5.25. The van der Waals surface area contributed by atoms with Crippen LogP contribution in [0.25, 0.3) is 0 Å². The maximum absolute atomic E-state index is 12.9. The highest BCUT2D eigenvalue weighted by atomic mass is 16.2. The predicted octanol–water partition coefficient (Wildman–Crippen LogP) is 3.19. The first kappa shape index (κ1) is 17.7. The largest absolute Gasteiger partial charge is 0.341 e. The zero-order valence-corrected chi connectivity index (χ0v) is 15.7. The molecule has 0 spiro atoms. The Morgan fingerprint density at radius 2 is 1.84 bits per heavy atom. The molecule has 0 bridgehead atoms. The van der Waals surface area contributed by atoms with Crippen molar-refractivity contribution in [1.82, 2.24) is 24.0 Å². The van der Waals surface area contributed by atoms with Gasteiger partial charge in [-0.1, -0.05) is 13.8 Å². The van der Waals surface area contributed by atoms with Crippen molar-refractivity contribution in [3.8, 4) is 0 Å². The van der Waals surface area contributed by atoms with Crippen LogP contribution in [0.5, 0.6) is 0 Å². The van der Waals surface area contributed by atoms with Crippen molar-refractivity contribution in [3.05, 3.63) is 36.4 Å².